The van der Waals surface area contributed by atoms with Crippen LogP contribution in [-0.2, 0) is 0 Å². The second-order valence-corrected chi connectivity index (χ2v) is 4.39. The average molecular weight is 244 g/mol. The molecule has 4 heteroatoms. The van der Waals surface area contributed by atoms with Gasteiger partial charge < -0.3 is 0 Å². The molecule has 0 fully saturated rings. The zero-order valence-corrected chi connectivity index (χ0v) is 9.99. The first-order chi connectivity index (χ1) is 8.25. The highest BCUT2D eigenvalue weighted by Crippen LogP contribution is 2.30. The molecule has 3 rings (SSSR count). The Morgan fingerprint density at radius 2 is 2.12 bits per heavy atom. The Kier molecular flexibility index (Phi) is 2.34. The van der Waals surface area contributed by atoms with Gasteiger partial charge in [-0.25, -0.2) is 0 Å². The summed E-state index contributed by atoms with van der Waals surface area (Å²) in [6.07, 6.45) is 5.42. The van der Waals surface area contributed by atoms with Crippen LogP contribution in [0.25, 0.3) is 22.0 Å². The Bertz CT molecular complexity index is 688. The smallest absolute Gasteiger partial charge is 0.0836 e. The van der Waals surface area contributed by atoms with Crippen LogP contribution in [0.4, 0.5) is 0 Å². The van der Waals surface area contributed by atoms with Crippen LogP contribution in [0.3, 0.4) is 0 Å². The van der Waals surface area contributed by atoms with Gasteiger partial charge in [0.15, 0.2) is 0 Å². The zero-order valence-electron chi connectivity index (χ0n) is 9.24. The third-order valence-corrected chi connectivity index (χ3v) is 3.15. The van der Waals surface area contributed by atoms with E-state index in [1.54, 1.807) is 12.4 Å². The molecule has 0 unspecified atom stereocenters. The second kappa shape index (κ2) is 3.86. The topological polar surface area (TPSA) is 41.6 Å². The Morgan fingerprint density at radius 1 is 1.24 bits per heavy atom. The molecule has 2 heterocycles. The molecule has 0 saturated heterocycles. The van der Waals surface area contributed by atoms with Crippen LogP contribution in [0, 0.1) is 6.92 Å². The molecule has 84 valence electrons. The van der Waals surface area contributed by atoms with E-state index in [0.29, 0.717) is 5.02 Å². The van der Waals surface area contributed by atoms with Crippen LogP contribution in [0.5, 0.6) is 0 Å². The number of fused-ring (bicyclic) bond motifs is 1. The van der Waals surface area contributed by atoms with E-state index in [1.165, 1.54) is 5.56 Å². The Hall–Kier alpha value is -1.87. The number of H-pyrrole nitrogens is 1. The lowest BCUT2D eigenvalue weighted by Crippen LogP contribution is -1.85. The van der Waals surface area contributed by atoms with Crippen molar-refractivity contribution in [3.63, 3.8) is 0 Å². The molecule has 3 aromatic rings. The minimum atomic E-state index is 0.679. The summed E-state index contributed by atoms with van der Waals surface area (Å²) in [5.74, 6) is 0. The van der Waals surface area contributed by atoms with Crippen LogP contribution in [0.15, 0.2) is 36.8 Å². The fourth-order valence-corrected chi connectivity index (χ4v) is 2.20. The van der Waals surface area contributed by atoms with Crippen LogP contribution in [0.1, 0.15) is 5.56 Å². The van der Waals surface area contributed by atoms with Gasteiger partial charge in [-0.05, 0) is 36.2 Å². The van der Waals surface area contributed by atoms with Crippen molar-refractivity contribution < 1.29 is 0 Å². The highest BCUT2D eigenvalue weighted by atomic mass is 35.5. The monoisotopic (exact) mass is 243 g/mol. The third-order valence-electron chi connectivity index (χ3n) is 2.85. The summed E-state index contributed by atoms with van der Waals surface area (Å²) in [5.41, 5.74) is 4.21. The van der Waals surface area contributed by atoms with Gasteiger partial charge in [0.1, 0.15) is 0 Å². The van der Waals surface area contributed by atoms with Crippen molar-refractivity contribution in [2.75, 3.05) is 0 Å². The highest BCUT2D eigenvalue weighted by Gasteiger charge is 2.07. The van der Waals surface area contributed by atoms with Crippen molar-refractivity contribution in [3.8, 4) is 11.1 Å². The molecule has 17 heavy (non-hydrogen) atoms. The van der Waals surface area contributed by atoms with Gasteiger partial charge in [-0.2, -0.15) is 5.10 Å². The molecule has 3 nitrogen and oxygen atoms in total. The van der Waals surface area contributed by atoms with E-state index in [-0.39, 0.29) is 0 Å². The molecule has 2 aromatic heterocycles. The van der Waals surface area contributed by atoms with Crippen LogP contribution < -0.4 is 0 Å². The lowest BCUT2D eigenvalue weighted by Gasteiger charge is -2.06. The molecular formula is C13H10ClN3. The van der Waals surface area contributed by atoms with Crippen LogP contribution in [-0.4, -0.2) is 15.2 Å². The number of benzene rings is 1. The number of hydrogen-bond donors (Lipinski definition) is 1. The maximum Gasteiger partial charge on any atom is 0.0836 e. The fraction of sp³-hybridized carbons (Fsp3) is 0.0769. The average Bonchev–Trinajstić information content (AvgIpc) is 2.78. The van der Waals surface area contributed by atoms with Crippen LogP contribution in [0.2, 0.25) is 5.02 Å². The minimum Gasteiger partial charge on any atom is -0.276 e. The van der Waals surface area contributed by atoms with Gasteiger partial charge >= 0.3 is 0 Å². The number of nitrogens with one attached hydrogen (secondary N) is 1. The van der Waals surface area contributed by atoms with Crippen molar-refractivity contribution in [2.24, 2.45) is 0 Å². The number of rotatable bonds is 1. The summed E-state index contributed by atoms with van der Waals surface area (Å²) in [4.78, 5) is 4.15. The third kappa shape index (κ3) is 1.68. The number of hydrogen-bond acceptors (Lipinski definition) is 2. The molecule has 0 radical (unpaired) electrons. The predicted molar refractivity (Wildman–Crippen MR) is 69.1 cm³/mol. The Balaban J connectivity index is 2.28. The summed E-state index contributed by atoms with van der Waals surface area (Å²) in [5, 5.41) is 8.57. The summed E-state index contributed by atoms with van der Waals surface area (Å²) in [7, 11) is 0. The Morgan fingerprint density at radius 3 is 2.94 bits per heavy atom. The molecular weight excluding hydrogens is 234 g/mol. The van der Waals surface area contributed by atoms with Crippen LogP contribution >= 0.6 is 11.6 Å². The first kappa shape index (κ1) is 10.3. The van der Waals surface area contributed by atoms with E-state index in [9.17, 15) is 0 Å². The van der Waals surface area contributed by atoms with Gasteiger partial charge in [0.05, 0.1) is 16.7 Å². The van der Waals surface area contributed by atoms with Gasteiger partial charge in [-0.1, -0.05) is 11.6 Å². The quantitative estimate of drug-likeness (QED) is 0.710. The zero-order chi connectivity index (χ0) is 11.8. The van der Waals surface area contributed by atoms with Gasteiger partial charge in [0, 0.05) is 23.3 Å². The van der Waals surface area contributed by atoms with Crippen molar-refractivity contribution >= 4 is 22.5 Å². The molecule has 0 aliphatic heterocycles. The van der Waals surface area contributed by atoms with Gasteiger partial charge in [0.25, 0.3) is 0 Å². The standard InChI is InChI=1S/C13H10ClN3/c1-8-2-3-15-7-11(8)9-4-10-6-16-17-13(10)12(14)5-9/h2-7H,1H3,(H,16,17). The molecule has 0 spiro atoms. The number of aryl methyl sites for hydroxylation is 1. The predicted octanol–water partition coefficient (Wildman–Crippen LogP) is 3.59. The number of nitrogens with zero attached hydrogens (tertiary/aromatic N) is 2. The van der Waals surface area contributed by atoms with E-state index in [4.69, 9.17) is 11.6 Å². The maximum atomic E-state index is 6.21. The lowest BCUT2D eigenvalue weighted by molar-refractivity contribution is 1.12. The molecule has 0 aliphatic carbocycles. The molecule has 0 aliphatic rings. The summed E-state index contributed by atoms with van der Waals surface area (Å²) in [6.45, 7) is 2.06. The largest absolute Gasteiger partial charge is 0.276 e. The van der Waals surface area contributed by atoms with Crippen molar-refractivity contribution in [1.82, 2.24) is 15.2 Å². The summed E-state index contributed by atoms with van der Waals surface area (Å²) in [6, 6.07) is 5.99. The van der Waals surface area contributed by atoms with E-state index >= 15 is 0 Å². The van der Waals surface area contributed by atoms with Gasteiger partial charge in [0.2, 0.25) is 0 Å². The van der Waals surface area contributed by atoms with E-state index in [2.05, 4.69) is 28.2 Å². The minimum absolute atomic E-state index is 0.679. The molecule has 0 saturated carbocycles. The normalized spacial score (nSPS) is 10.9. The maximum absolute atomic E-state index is 6.21. The molecule has 1 aromatic carbocycles. The summed E-state index contributed by atoms with van der Waals surface area (Å²) < 4.78 is 0. The van der Waals surface area contributed by atoms with E-state index in [0.717, 1.165) is 22.0 Å². The number of aromatic nitrogens is 3. The Labute approximate surface area is 103 Å². The second-order valence-electron chi connectivity index (χ2n) is 3.98. The van der Waals surface area contributed by atoms with Crippen molar-refractivity contribution in [3.05, 3.63) is 47.4 Å². The fourth-order valence-electron chi connectivity index (χ4n) is 1.94. The van der Waals surface area contributed by atoms with Gasteiger partial charge in [-0.3, -0.25) is 10.1 Å². The molecule has 1 N–H and O–H groups in total. The van der Waals surface area contributed by atoms with Crippen molar-refractivity contribution in [2.45, 2.75) is 6.92 Å². The number of halogens is 1. The van der Waals surface area contributed by atoms with Gasteiger partial charge in [-0.15, -0.1) is 0 Å². The highest BCUT2D eigenvalue weighted by molar-refractivity contribution is 6.35. The molecule has 0 bridgehead atoms. The number of pyridine rings is 1. The van der Waals surface area contributed by atoms with E-state index < -0.39 is 0 Å². The molecule has 0 atom stereocenters. The lowest BCUT2D eigenvalue weighted by atomic mass is 10.0. The van der Waals surface area contributed by atoms with Crippen molar-refractivity contribution in [1.29, 1.82) is 0 Å². The first-order valence-electron chi connectivity index (χ1n) is 5.29. The first-order valence-corrected chi connectivity index (χ1v) is 5.67. The van der Waals surface area contributed by atoms with E-state index in [1.807, 2.05) is 18.3 Å². The SMILES string of the molecule is Cc1ccncc1-c1cc(Cl)c2[nH]ncc2c1. The summed E-state index contributed by atoms with van der Waals surface area (Å²) >= 11 is 6.21. The molecule has 0 amide bonds. The number of aromatic amines is 1.